The smallest absolute Gasteiger partial charge is 0.290 e. The van der Waals surface area contributed by atoms with Crippen molar-refractivity contribution < 1.29 is 35.4 Å². The van der Waals surface area contributed by atoms with Crippen molar-refractivity contribution in [2.75, 3.05) is 6.54 Å². The molecule has 0 aromatic heterocycles. The van der Waals surface area contributed by atoms with Crippen LogP contribution in [0.4, 0.5) is 0 Å². The van der Waals surface area contributed by atoms with Crippen LogP contribution in [0.5, 0.6) is 0 Å². The van der Waals surface area contributed by atoms with E-state index in [0.717, 1.165) is 13.8 Å². The zero-order valence-electron chi connectivity index (χ0n) is 13.7. The van der Waals surface area contributed by atoms with Gasteiger partial charge in [0.25, 0.3) is 17.6 Å². The average Bonchev–Trinajstić information content (AvgIpc) is 2.45. The van der Waals surface area contributed by atoms with Crippen molar-refractivity contribution in [3.8, 4) is 0 Å². The second-order valence-electron chi connectivity index (χ2n) is 6.05. The molecule has 0 aromatic rings. The number of hydrogen-bond acceptors (Lipinski definition) is 7. The highest BCUT2D eigenvalue weighted by Gasteiger charge is 2.75. The number of aliphatic hydroxyl groups is 6. The van der Waals surface area contributed by atoms with E-state index in [0.29, 0.717) is 16.9 Å². The number of nitrogens with zero attached hydrogens (tertiary/aromatic N) is 1. The third-order valence-corrected chi connectivity index (χ3v) is 4.54. The van der Waals surface area contributed by atoms with E-state index in [1.807, 2.05) is 0 Å². The van der Waals surface area contributed by atoms with Crippen LogP contribution in [-0.2, 0) is 4.79 Å². The molecule has 1 saturated heterocycles. The normalized spacial score (nSPS) is 34.3. The number of carbonyl (C=O) groups is 1. The lowest BCUT2D eigenvalue weighted by atomic mass is 9.71. The highest BCUT2D eigenvalue weighted by molar-refractivity contribution is 5.87. The first-order chi connectivity index (χ1) is 10.3. The molecule has 0 aromatic carbocycles. The van der Waals surface area contributed by atoms with E-state index in [1.54, 1.807) is 32.1 Å². The monoisotopic (exact) mass is 331 g/mol. The molecule has 0 radical (unpaired) electrons. The van der Waals surface area contributed by atoms with Gasteiger partial charge >= 0.3 is 0 Å². The van der Waals surface area contributed by atoms with Gasteiger partial charge in [-0.3, -0.25) is 9.69 Å². The van der Waals surface area contributed by atoms with Crippen molar-refractivity contribution in [1.29, 1.82) is 0 Å². The maximum atomic E-state index is 12.3. The van der Waals surface area contributed by atoms with Gasteiger partial charge in [-0.05, 0) is 27.2 Å². The molecular formula is C15H25NO7. The fourth-order valence-electron chi connectivity index (χ4n) is 2.37. The van der Waals surface area contributed by atoms with Crippen molar-refractivity contribution in [3.63, 3.8) is 0 Å². The quantitative estimate of drug-likeness (QED) is 0.274. The zero-order chi connectivity index (χ0) is 18.3. The van der Waals surface area contributed by atoms with Gasteiger partial charge in [0, 0.05) is 6.54 Å². The topological polar surface area (TPSA) is 142 Å². The number of piperidine rings is 1. The summed E-state index contributed by atoms with van der Waals surface area (Å²) >= 11 is 0. The van der Waals surface area contributed by atoms with E-state index in [-0.39, 0.29) is 6.54 Å². The van der Waals surface area contributed by atoms with Crippen molar-refractivity contribution in [1.82, 2.24) is 4.90 Å². The number of rotatable bonds is 4. The molecule has 1 rings (SSSR count). The van der Waals surface area contributed by atoms with E-state index in [4.69, 9.17) is 0 Å². The standard InChI is InChI=1S/C15H25NO7/c1-5-7-8-10(6-2)9-16-11(17)14(20,21)12(3,18)13(4,19)15(16,22)23/h5,7-8,18-23H,6,9H2,1-4H3. The van der Waals surface area contributed by atoms with Gasteiger partial charge in [-0.15, -0.1) is 0 Å². The van der Waals surface area contributed by atoms with E-state index >= 15 is 0 Å². The Morgan fingerprint density at radius 3 is 2.04 bits per heavy atom. The third kappa shape index (κ3) is 2.71. The van der Waals surface area contributed by atoms with Gasteiger partial charge in [0.2, 0.25) is 0 Å². The molecule has 1 fully saturated rings. The first kappa shape index (κ1) is 19.8. The molecule has 2 atom stereocenters. The first-order valence-corrected chi connectivity index (χ1v) is 7.26. The molecule has 8 heteroatoms. The Balaban J connectivity index is 3.40. The Hall–Kier alpha value is -1.29. The SMILES string of the molecule is CC=CC=C(CC)CN1C(=O)C(O)(O)C(C)(O)C(C)(O)C1(O)O. The molecule has 8 nitrogen and oxygen atoms in total. The van der Waals surface area contributed by atoms with Crippen molar-refractivity contribution in [2.24, 2.45) is 0 Å². The van der Waals surface area contributed by atoms with Crippen LogP contribution in [0.2, 0.25) is 0 Å². The van der Waals surface area contributed by atoms with Crippen LogP contribution in [0.3, 0.4) is 0 Å². The average molecular weight is 331 g/mol. The first-order valence-electron chi connectivity index (χ1n) is 7.26. The minimum atomic E-state index is -3.40. The molecule has 1 aliphatic rings. The molecule has 1 heterocycles. The molecule has 0 bridgehead atoms. The lowest BCUT2D eigenvalue weighted by Crippen LogP contribution is -2.86. The Labute approximate surface area is 134 Å². The summed E-state index contributed by atoms with van der Waals surface area (Å²) in [5.74, 6) is -8.14. The summed E-state index contributed by atoms with van der Waals surface area (Å²) in [5, 5.41) is 60.9. The Kier molecular flexibility index (Phi) is 5.13. The molecular weight excluding hydrogens is 306 g/mol. The largest absolute Gasteiger partial charge is 0.381 e. The summed E-state index contributed by atoms with van der Waals surface area (Å²) in [6.45, 7) is 4.70. The van der Waals surface area contributed by atoms with E-state index in [1.165, 1.54) is 0 Å². The maximum Gasteiger partial charge on any atom is 0.290 e. The number of likely N-dealkylation sites (tertiary alicyclic amines) is 1. The maximum absolute atomic E-state index is 12.3. The van der Waals surface area contributed by atoms with Gasteiger partial charge in [0.1, 0.15) is 0 Å². The van der Waals surface area contributed by atoms with Crippen molar-refractivity contribution >= 4 is 5.91 Å². The lowest BCUT2D eigenvalue weighted by molar-refractivity contribution is -0.430. The second-order valence-corrected chi connectivity index (χ2v) is 6.05. The lowest BCUT2D eigenvalue weighted by Gasteiger charge is -2.58. The molecule has 0 spiro atoms. The summed E-state index contributed by atoms with van der Waals surface area (Å²) in [4.78, 5) is 12.6. The molecule has 1 aliphatic heterocycles. The molecule has 1 amide bonds. The minimum Gasteiger partial charge on any atom is -0.381 e. The van der Waals surface area contributed by atoms with Crippen LogP contribution in [0.1, 0.15) is 34.1 Å². The van der Waals surface area contributed by atoms with Crippen LogP contribution in [-0.4, -0.2) is 70.9 Å². The van der Waals surface area contributed by atoms with E-state index in [9.17, 15) is 35.4 Å². The predicted octanol–water partition coefficient (Wildman–Crippen LogP) is -1.44. The number of allylic oxidation sites excluding steroid dienone is 3. The van der Waals surface area contributed by atoms with Crippen LogP contribution < -0.4 is 0 Å². The van der Waals surface area contributed by atoms with E-state index < -0.39 is 28.8 Å². The van der Waals surface area contributed by atoms with Gasteiger partial charge in [-0.25, -0.2) is 0 Å². The van der Waals surface area contributed by atoms with Gasteiger partial charge in [-0.1, -0.05) is 30.7 Å². The Bertz CT molecular complexity index is 532. The molecule has 132 valence electrons. The minimum absolute atomic E-state index is 0.323. The summed E-state index contributed by atoms with van der Waals surface area (Å²) < 4.78 is 0. The molecule has 0 saturated carbocycles. The molecule has 2 unspecified atom stereocenters. The zero-order valence-corrected chi connectivity index (χ0v) is 13.7. The highest BCUT2D eigenvalue weighted by atomic mass is 16.6. The van der Waals surface area contributed by atoms with Gasteiger partial charge in [0.15, 0.2) is 11.2 Å². The summed E-state index contributed by atoms with van der Waals surface area (Å²) in [6, 6.07) is 0. The molecule has 0 aliphatic carbocycles. The third-order valence-electron chi connectivity index (χ3n) is 4.54. The van der Waals surface area contributed by atoms with Crippen molar-refractivity contribution in [3.05, 3.63) is 23.8 Å². The number of hydrogen-bond donors (Lipinski definition) is 6. The Morgan fingerprint density at radius 1 is 1.09 bits per heavy atom. The number of amides is 1. The fraction of sp³-hybridized carbons (Fsp3) is 0.667. The van der Waals surface area contributed by atoms with Gasteiger partial charge in [-0.2, -0.15) is 0 Å². The highest BCUT2D eigenvalue weighted by Crippen LogP contribution is 2.45. The molecule has 23 heavy (non-hydrogen) atoms. The van der Waals surface area contributed by atoms with Gasteiger partial charge < -0.3 is 30.6 Å². The van der Waals surface area contributed by atoms with Gasteiger partial charge in [0.05, 0.1) is 0 Å². The fourth-order valence-corrected chi connectivity index (χ4v) is 2.37. The Morgan fingerprint density at radius 2 is 1.61 bits per heavy atom. The van der Waals surface area contributed by atoms with Crippen LogP contribution in [0.15, 0.2) is 23.8 Å². The predicted molar refractivity (Wildman–Crippen MR) is 80.5 cm³/mol. The van der Waals surface area contributed by atoms with Crippen LogP contribution in [0.25, 0.3) is 0 Å². The summed E-state index contributed by atoms with van der Waals surface area (Å²) in [6.07, 6.45) is 5.46. The summed E-state index contributed by atoms with van der Waals surface area (Å²) in [7, 11) is 0. The van der Waals surface area contributed by atoms with E-state index in [2.05, 4.69) is 0 Å². The number of carbonyl (C=O) groups excluding carboxylic acids is 1. The second kappa shape index (κ2) is 5.97. The summed E-state index contributed by atoms with van der Waals surface area (Å²) in [5.41, 5.74) is -5.19. The van der Waals surface area contributed by atoms with Crippen molar-refractivity contribution in [2.45, 2.75) is 57.0 Å². The molecule has 6 N–H and O–H groups in total. The van der Waals surface area contributed by atoms with Crippen LogP contribution >= 0.6 is 0 Å². The van der Waals surface area contributed by atoms with Crippen LogP contribution in [0, 0.1) is 0 Å².